The highest BCUT2D eigenvalue weighted by molar-refractivity contribution is 6.32. The Kier molecular flexibility index (Phi) is 6.36. The molecule has 5 rings (SSSR count). The number of carbonyl (C=O) groups excluding carboxylic acids is 1. The Balaban J connectivity index is 1.46. The summed E-state index contributed by atoms with van der Waals surface area (Å²) in [6.45, 7) is 1.93. The van der Waals surface area contributed by atoms with E-state index in [2.05, 4.69) is 17.0 Å². The fourth-order valence-electron chi connectivity index (χ4n) is 4.72. The molecule has 0 radical (unpaired) electrons. The highest BCUT2D eigenvalue weighted by Crippen LogP contribution is 2.36. The van der Waals surface area contributed by atoms with Gasteiger partial charge in [-0.2, -0.15) is 18.3 Å². The van der Waals surface area contributed by atoms with E-state index in [-0.39, 0.29) is 28.7 Å². The number of amides is 1. The third-order valence-corrected chi connectivity index (χ3v) is 7.08. The lowest BCUT2D eigenvalue weighted by atomic mass is 10.0. The lowest BCUT2D eigenvalue weighted by Gasteiger charge is -2.37. The van der Waals surface area contributed by atoms with E-state index in [4.69, 9.17) is 11.6 Å². The van der Waals surface area contributed by atoms with Crippen LogP contribution in [0.15, 0.2) is 54.6 Å². The number of benzene rings is 2. The van der Waals surface area contributed by atoms with Crippen LogP contribution >= 0.6 is 11.6 Å². The van der Waals surface area contributed by atoms with Gasteiger partial charge in [-0.3, -0.25) is 4.79 Å². The second-order valence-corrected chi connectivity index (χ2v) is 9.74. The van der Waals surface area contributed by atoms with Gasteiger partial charge in [-0.05, 0) is 76.2 Å². The van der Waals surface area contributed by atoms with Gasteiger partial charge >= 0.3 is 6.18 Å². The van der Waals surface area contributed by atoms with Gasteiger partial charge in [0, 0.05) is 23.2 Å². The van der Waals surface area contributed by atoms with E-state index in [1.165, 1.54) is 4.68 Å². The van der Waals surface area contributed by atoms with Crippen LogP contribution in [0.4, 0.5) is 13.2 Å². The maximum Gasteiger partial charge on any atom is 0.435 e. The summed E-state index contributed by atoms with van der Waals surface area (Å²) >= 11 is 6.27. The van der Waals surface area contributed by atoms with Crippen LogP contribution in [0.1, 0.15) is 41.7 Å². The molecule has 1 aromatic heterocycles. The number of hydrogen-bond acceptors (Lipinski definition) is 3. The Labute approximate surface area is 207 Å². The molecule has 3 aromatic rings. The zero-order valence-corrected chi connectivity index (χ0v) is 20.1. The van der Waals surface area contributed by atoms with Crippen molar-refractivity contribution in [3.63, 3.8) is 0 Å². The van der Waals surface area contributed by atoms with Crippen LogP contribution in [0.5, 0.6) is 0 Å². The molecule has 1 aliphatic carbocycles. The van der Waals surface area contributed by atoms with Crippen molar-refractivity contribution in [1.82, 2.24) is 19.6 Å². The van der Waals surface area contributed by atoms with E-state index in [0.717, 1.165) is 44.8 Å². The number of likely N-dealkylation sites (tertiary alicyclic amines) is 1. The van der Waals surface area contributed by atoms with E-state index in [1.54, 1.807) is 48.5 Å². The number of halogens is 4. The molecule has 0 bridgehead atoms. The van der Waals surface area contributed by atoms with Gasteiger partial charge in [0.15, 0.2) is 5.69 Å². The Morgan fingerprint density at radius 2 is 1.63 bits per heavy atom. The second kappa shape index (κ2) is 9.32. The van der Waals surface area contributed by atoms with Crippen molar-refractivity contribution in [1.29, 1.82) is 0 Å². The van der Waals surface area contributed by atoms with Gasteiger partial charge in [0.25, 0.3) is 5.91 Å². The lowest BCUT2D eigenvalue weighted by Crippen LogP contribution is -2.47. The third kappa shape index (κ3) is 4.95. The average molecular weight is 503 g/mol. The highest BCUT2D eigenvalue weighted by Gasteiger charge is 2.39. The third-order valence-electron chi connectivity index (χ3n) is 6.76. The predicted molar refractivity (Wildman–Crippen MR) is 129 cm³/mol. The standard InChI is InChI=1S/C26H26ClF3N4O/c1-32-14-12-20(13-15-32)33(19-10-11-19)25(35)18-8-6-17(7-9-18)23-16-24(26(28,29)30)31-34(23)22-5-3-2-4-21(22)27/h2-9,16,19-20H,10-15H2,1H3. The smallest absolute Gasteiger partial charge is 0.333 e. The van der Waals surface area contributed by atoms with Gasteiger partial charge in [0.05, 0.1) is 16.4 Å². The number of alkyl halides is 3. The molecule has 2 aliphatic rings. The molecule has 1 amide bonds. The molecule has 2 aromatic carbocycles. The molecule has 0 N–H and O–H groups in total. The van der Waals surface area contributed by atoms with Gasteiger partial charge in [0.2, 0.25) is 0 Å². The summed E-state index contributed by atoms with van der Waals surface area (Å²) in [4.78, 5) is 17.8. The molecule has 2 heterocycles. The summed E-state index contributed by atoms with van der Waals surface area (Å²) < 4.78 is 41.7. The summed E-state index contributed by atoms with van der Waals surface area (Å²) in [5, 5.41) is 4.09. The van der Waals surface area contributed by atoms with Crippen molar-refractivity contribution in [3.8, 4) is 16.9 Å². The zero-order valence-electron chi connectivity index (χ0n) is 19.3. The van der Waals surface area contributed by atoms with Gasteiger partial charge in [-0.25, -0.2) is 4.68 Å². The fraction of sp³-hybridized carbons (Fsp3) is 0.385. The van der Waals surface area contributed by atoms with Crippen molar-refractivity contribution in [2.75, 3.05) is 20.1 Å². The zero-order chi connectivity index (χ0) is 24.7. The van der Waals surface area contributed by atoms with Crippen LogP contribution in [0.3, 0.4) is 0 Å². The summed E-state index contributed by atoms with van der Waals surface area (Å²) in [6.07, 6.45) is -0.654. The largest absolute Gasteiger partial charge is 0.435 e. The number of carbonyl (C=O) groups is 1. The highest BCUT2D eigenvalue weighted by atomic mass is 35.5. The van der Waals surface area contributed by atoms with Gasteiger partial charge in [-0.1, -0.05) is 35.9 Å². The Morgan fingerprint density at radius 3 is 2.23 bits per heavy atom. The number of hydrogen-bond donors (Lipinski definition) is 0. The molecule has 0 spiro atoms. The quantitative estimate of drug-likeness (QED) is 0.435. The SMILES string of the molecule is CN1CCC(N(C(=O)c2ccc(-c3cc(C(F)(F)F)nn3-c3ccccc3Cl)cc2)C2CC2)CC1. The second-order valence-electron chi connectivity index (χ2n) is 9.33. The van der Waals surface area contributed by atoms with E-state index in [9.17, 15) is 18.0 Å². The van der Waals surface area contributed by atoms with Crippen molar-refractivity contribution in [3.05, 3.63) is 70.9 Å². The average Bonchev–Trinajstić information content (AvgIpc) is 3.56. The molecule has 1 saturated carbocycles. The number of para-hydroxylation sites is 1. The summed E-state index contributed by atoms with van der Waals surface area (Å²) in [5.41, 5.74) is 0.650. The van der Waals surface area contributed by atoms with Crippen molar-refractivity contribution in [2.24, 2.45) is 0 Å². The molecular formula is C26H26ClF3N4O. The van der Waals surface area contributed by atoms with Crippen LogP contribution in [-0.4, -0.2) is 57.7 Å². The topological polar surface area (TPSA) is 41.4 Å². The molecule has 35 heavy (non-hydrogen) atoms. The van der Waals surface area contributed by atoms with Crippen LogP contribution in [0, 0.1) is 0 Å². The first kappa shape index (κ1) is 23.9. The first-order valence-corrected chi connectivity index (χ1v) is 12.1. The minimum atomic E-state index is -4.60. The monoisotopic (exact) mass is 502 g/mol. The van der Waals surface area contributed by atoms with Crippen LogP contribution in [0.25, 0.3) is 16.9 Å². The minimum Gasteiger partial charge on any atom is -0.333 e. The van der Waals surface area contributed by atoms with Crippen molar-refractivity contribution in [2.45, 2.75) is 43.9 Å². The molecule has 1 saturated heterocycles. The molecule has 0 unspecified atom stereocenters. The summed E-state index contributed by atoms with van der Waals surface area (Å²) in [6, 6.07) is 14.9. The molecule has 184 valence electrons. The number of nitrogens with zero attached hydrogens (tertiary/aromatic N) is 4. The van der Waals surface area contributed by atoms with E-state index >= 15 is 0 Å². The van der Waals surface area contributed by atoms with Crippen LogP contribution in [-0.2, 0) is 6.18 Å². The predicted octanol–water partition coefficient (Wildman–Crippen LogP) is 5.91. The van der Waals surface area contributed by atoms with Crippen molar-refractivity contribution >= 4 is 17.5 Å². The van der Waals surface area contributed by atoms with E-state index in [0.29, 0.717) is 16.8 Å². The fourth-order valence-corrected chi connectivity index (χ4v) is 4.94. The molecule has 0 atom stereocenters. The Morgan fingerprint density at radius 1 is 1.00 bits per heavy atom. The van der Waals surface area contributed by atoms with Crippen LogP contribution < -0.4 is 0 Å². The number of rotatable bonds is 5. The molecule has 2 fully saturated rings. The van der Waals surface area contributed by atoms with Crippen LogP contribution in [0.2, 0.25) is 5.02 Å². The van der Waals surface area contributed by atoms with E-state index < -0.39 is 11.9 Å². The molecule has 9 heteroatoms. The maximum absolute atomic E-state index is 13.5. The Bertz CT molecular complexity index is 1210. The van der Waals surface area contributed by atoms with Crippen molar-refractivity contribution < 1.29 is 18.0 Å². The van der Waals surface area contributed by atoms with Gasteiger partial charge in [-0.15, -0.1) is 0 Å². The van der Waals surface area contributed by atoms with Gasteiger partial charge < -0.3 is 9.80 Å². The molecule has 5 nitrogen and oxygen atoms in total. The normalized spacial score (nSPS) is 17.5. The first-order valence-electron chi connectivity index (χ1n) is 11.8. The molecular weight excluding hydrogens is 477 g/mol. The minimum absolute atomic E-state index is 0.0100. The number of aromatic nitrogens is 2. The molecule has 1 aliphatic heterocycles. The summed E-state index contributed by atoms with van der Waals surface area (Å²) in [7, 11) is 2.09. The summed E-state index contributed by atoms with van der Waals surface area (Å²) in [5.74, 6) is -0.0100. The first-order chi connectivity index (χ1) is 16.7. The Hall–Kier alpha value is -2.84. The lowest BCUT2D eigenvalue weighted by molar-refractivity contribution is -0.141. The maximum atomic E-state index is 13.5. The number of piperidine rings is 1. The van der Waals surface area contributed by atoms with E-state index in [1.807, 2.05) is 4.90 Å². The van der Waals surface area contributed by atoms with Gasteiger partial charge in [0.1, 0.15) is 0 Å².